The van der Waals surface area contributed by atoms with Gasteiger partial charge in [-0.05, 0) is 36.8 Å². The van der Waals surface area contributed by atoms with E-state index in [2.05, 4.69) is 15.8 Å². The van der Waals surface area contributed by atoms with E-state index in [1.807, 2.05) is 4.90 Å². The van der Waals surface area contributed by atoms with Crippen LogP contribution in [0.3, 0.4) is 0 Å². The number of carbonyl (C=O) groups is 1. The minimum absolute atomic E-state index is 0.105. The molecule has 8 nitrogen and oxygen atoms in total. The smallest absolute Gasteiger partial charge is 0.337 e. The SMILES string of the molecule is COC(=O)c1ccc(C)c(S(=O)(=O)N2CCN(c3cc(C#N)ccn3)CC2)c1. The van der Waals surface area contributed by atoms with E-state index < -0.39 is 16.0 Å². The molecular weight excluding hydrogens is 380 g/mol. The van der Waals surface area contributed by atoms with Gasteiger partial charge in [-0.3, -0.25) is 0 Å². The molecule has 0 aliphatic carbocycles. The Kier molecular flexibility index (Phi) is 5.63. The van der Waals surface area contributed by atoms with E-state index in [0.29, 0.717) is 30.0 Å². The van der Waals surface area contributed by atoms with Crippen LogP contribution in [0.15, 0.2) is 41.4 Å². The molecule has 1 aliphatic rings. The summed E-state index contributed by atoms with van der Waals surface area (Å²) in [6, 6.07) is 9.90. The van der Waals surface area contributed by atoms with Crippen LogP contribution in [0.5, 0.6) is 0 Å². The van der Waals surface area contributed by atoms with Gasteiger partial charge in [0.25, 0.3) is 0 Å². The summed E-state index contributed by atoms with van der Waals surface area (Å²) in [5.74, 6) is 0.0738. The van der Waals surface area contributed by atoms with E-state index in [9.17, 15) is 13.2 Å². The van der Waals surface area contributed by atoms with Crippen LogP contribution >= 0.6 is 0 Å². The number of rotatable bonds is 4. The van der Waals surface area contributed by atoms with Gasteiger partial charge >= 0.3 is 5.97 Å². The van der Waals surface area contributed by atoms with Crippen LogP contribution in [0, 0.1) is 18.3 Å². The summed E-state index contributed by atoms with van der Waals surface area (Å²) in [6.45, 7) is 3.17. The second-order valence-electron chi connectivity index (χ2n) is 6.38. The van der Waals surface area contributed by atoms with Gasteiger partial charge in [-0.25, -0.2) is 18.2 Å². The number of sulfonamides is 1. The number of hydrogen-bond donors (Lipinski definition) is 0. The number of anilines is 1. The summed E-state index contributed by atoms with van der Waals surface area (Å²) in [5.41, 5.74) is 1.27. The molecule has 2 heterocycles. The number of benzene rings is 1. The third-order valence-corrected chi connectivity index (χ3v) is 6.70. The molecule has 3 rings (SSSR count). The zero-order valence-corrected chi connectivity index (χ0v) is 16.4. The highest BCUT2D eigenvalue weighted by atomic mass is 32.2. The van der Waals surface area contributed by atoms with Gasteiger partial charge in [0.05, 0.1) is 29.2 Å². The van der Waals surface area contributed by atoms with Gasteiger partial charge in [-0.15, -0.1) is 0 Å². The largest absolute Gasteiger partial charge is 0.465 e. The van der Waals surface area contributed by atoms with E-state index >= 15 is 0 Å². The highest BCUT2D eigenvalue weighted by Crippen LogP contribution is 2.24. The zero-order chi connectivity index (χ0) is 20.3. The number of nitrogens with zero attached hydrogens (tertiary/aromatic N) is 4. The van der Waals surface area contributed by atoms with Crippen molar-refractivity contribution in [3.63, 3.8) is 0 Å². The first-order chi connectivity index (χ1) is 13.4. The van der Waals surface area contributed by atoms with E-state index in [0.717, 1.165) is 0 Å². The Balaban J connectivity index is 1.80. The van der Waals surface area contributed by atoms with Crippen molar-refractivity contribution in [3.8, 4) is 6.07 Å². The minimum Gasteiger partial charge on any atom is -0.465 e. The van der Waals surface area contributed by atoms with Gasteiger partial charge in [0.2, 0.25) is 10.0 Å². The summed E-state index contributed by atoms with van der Waals surface area (Å²) in [4.78, 5) is 18.1. The lowest BCUT2D eigenvalue weighted by Crippen LogP contribution is -2.49. The van der Waals surface area contributed by atoms with Crippen molar-refractivity contribution in [2.45, 2.75) is 11.8 Å². The molecule has 9 heteroatoms. The van der Waals surface area contributed by atoms with Crippen LogP contribution in [0.2, 0.25) is 0 Å². The first-order valence-electron chi connectivity index (χ1n) is 8.67. The highest BCUT2D eigenvalue weighted by Gasteiger charge is 2.30. The first kappa shape index (κ1) is 19.8. The van der Waals surface area contributed by atoms with Crippen molar-refractivity contribution in [2.75, 3.05) is 38.2 Å². The van der Waals surface area contributed by atoms with Crippen LogP contribution in [0.25, 0.3) is 0 Å². The average molecular weight is 400 g/mol. The molecule has 0 N–H and O–H groups in total. The lowest BCUT2D eigenvalue weighted by molar-refractivity contribution is 0.0600. The Morgan fingerprint density at radius 3 is 2.54 bits per heavy atom. The number of pyridine rings is 1. The predicted octanol–water partition coefficient (Wildman–Crippen LogP) is 1.56. The Labute approximate surface area is 164 Å². The number of nitriles is 1. The van der Waals surface area contributed by atoms with Crippen molar-refractivity contribution >= 4 is 21.8 Å². The Bertz CT molecular complexity index is 1040. The molecule has 1 aromatic heterocycles. The topological polar surface area (TPSA) is 104 Å². The standard InChI is InChI=1S/C19H20N4O4S/c1-14-3-4-16(19(24)27-2)12-17(14)28(25,26)23-9-7-22(8-10-23)18-11-15(13-20)5-6-21-18/h3-6,11-12H,7-10H2,1-2H3. The molecule has 0 amide bonds. The Morgan fingerprint density at radius 1 is 1.18 bits per heavy atom. The molecule has 1 aliphatic heterocycles. The second-order valence-corrected chi connectivity index (χ2v) is 8.28. The molecule has 0 unspecified atom stereocenters. The van der Waals surface area contributed by atoms with Crippen LogP contribution in [0.4, 0.5) is 5.82 Å². The number of piperazine rings is 1. The molecule has 0 spiro atoms. The van der Waals surface area contributed by atoms with Gasteiger partial charge in [0.15, 0.2) is 0 Å². The molecule has 28 heavy (non-hydrogen) atoms. The third-order valence-electron chi connectivity index (χ3n) is 4.66. The maximum Gasteiger partial charge on any atom is 0.337 e. The maximum atomic E-state index is 13.1. The summed E-state index contributed by atoms with van der Waals surface area (Å²) in [6.07, 6.45) is 1.57. The number of ether oxygens (including phenoxy) is 1. The number of methoxy groups -OCH3 is 1. The fourth-order valence-electron chi connectivity index (χ4n) is 3.08. The number of aromatic nitrogens is 1. The fraction of sp³-hybridized carbons (Fsp3) is 0.316. The molecular formula is C19H20N4O4S. The first-order valence-corrected chi connectivity index (χ1v) is 10.1. The van der Waals surface area contributed by atoms with Gasteiger partial charge in [0, 0.05) is 32.4 Å². The van der Waals surface area contributed by atoms with Gasteiger partial charge in [0.1, 0.15) is 5.82 Å². The molecule has 0 atom stereocenters. The average Bonchev–Trinajstić information content (AvgIpc) is 2.73. The van der Waals surface area contributed by atoms with Crippen LogP contribution in [0.1, 0.15) is 21.5 Å². The predicted molar refractivity (Wildman–Crippen MR) is 102 cm³/mol. The highest BCUT2D eigenvalue weighted by molar-refractivity contribution is 7.89. The van der Waals surface area contributed by atoms with Gasteiger partial charge in [-0.2, -0.15) is 9.57 Å². The second kappa shape index (κ2) is 7.96. The summed E-state index contributed by atoms with van der Waals surface area (Å²) in [7, 11) is -2.49. The quantitative estimate of drug-likeness (QED) is 0.718. The molecule has 1 fully saturated rings. The van der Waals surface area contributed by atoms with Crippen molar-refractivity contribution in [1.29, 1.82) is 5.26 Å². The molecule has 2 aromatic rings. The number of carbonyl (C=O) groups excluding carboxylic acids is 1. The van der Waals surface area contributed by atoms with E-state index in [4.69, 9.17) is 5.26 Å². The minimum atomic E-state index is -3.75. The van der Waals surface area contributed by atoms with E-state index in [1.54, 1.807) is 37.4 Å². The number of aryl methyl sites for hydroxylation is 1. The molecule has 0 saturated carbocycles. The van der Waals surface area contributed by atoms with Crippen LogP contribution in [-0.2, 0) is 14.8 Å². The molecule has 1 aromatic carbocycles. The van der Waals surface area contributed by atoms with Crippen molar-refractivity contribution in [1.82, 2.24) is 9.29 Å². The number of hydrogen-bond acceptors (Lipinski definition) is 7. The summed E-state index contributed by atoms with van der Waals surface area (Å²) < 4.78 is 32.3. The zero-order valence-electron chi connectivity index (χ0n) is 15.6. The lowest BCUT2D eigenvalue weighted by atomic mass is 10.1. The van der Waals surface area contributed by atoms with Gasteiger partial charge < -0.3 is 9.64 Å². The Hall–Kier alpha value is -2.96. The number of esters is 1. The van der Waals surface area contributed by atoms with E-state index in [1.165, 1.54) is 17.5 Å². The van der Waals surface area contributed by atoms with Crippen LogP contribution < -0.4 is 4.90 Å². The lowest BCUT2D eigenvalue weighted by Gasteiger charge is -2.35. The summed E-state index contributed by atoms with van der Waals surface area (Å²) >= 11 is 0. The monoisotopic (exact) mass is 400 g/mol. The fourth-order valence-corrected chi connectivity index (χ4v) is 4.75. The van der Waals surface area contributed by atoms with E-state index in [-0.39, 0.29) is 23.5 Å². The third kappa shape index (κ3) is 3.83. The van der Waals surface area contributed by atoms with Gasteiger partial charge in [-0.1, -0.05) is 6.07 Å². The Morgan fingerprint density at radius 2 is 1.89 bits per heavy atom. The van der Waals surface area contributed by atoms with Crippen molar-refractivity contribution < 1.29 is 17.9 Å². The normalized spacial score (nSPS) is 15.1. The molecule has 0 bridgehead atoms. The van der Waals surface area contributed by atoms with Crippen LogP contribution in [-0.4, -0.2) is 57.0 Å². The maximum absolute atomic E-state index is 13.1. The molecule has 146 valence electrons. The van der Waals surface area contributed by atoms with Crippen molar-refractivity contribution in [2.24, 2.45) is 0 Å². The molecule has 1 saturated heterocycles. The molecule has 0 radical (unpaired) electrons. The van der Waals surface area contributed by atoms with Crippen molar-refractivity contribution in [3.05, 3.63) is 53.2 Å². The summed E-state index contributed by atoms with van der Waals surface area (Å²) in [5, 5.41) is 9.02.